The van der Waals surface area contributed by atoms with Crippen LogP contribution in [0.1, 0.15) is 37.7 Å². The predicted molar refractivity (Wildman–Crippen MR) is 84.3 cm³/mol. The Morgan fingerprint density at radius 3 is 3.05 bits per heavy atom. The van der Waals surface area contributed by atoms with Crippen molar-refractivity contribution >= 4 is 5.91 Å². The van der Waals surface area contributed by atoms with E-state index in [2.05, 4.69) is 0 Å². The van der Waals surface area contributed by atoms with Crippen molar-refractivity contribution in [3.05, 3.63) is 29.8 Å². The van der Waals surface area contributed by atoms with Crippen LogP contribution in [0.2, 0.25) is 0 Å². The minimum atomic E-state index is 0.195. The van der Waals surface area contributed by atoms with Crippen molar-refractivity contribution in [2.24, 2.45) is 5.73 Å². The first kappa shape index (κ1) is 15.8. The minimum Gasteiger partial charge on any atom is -0.493 e. The molecule has 1 fully saturated rings. The SMILES string of the molecule is Cc1cccc(OCCC(=O)N2CCCCC2CCN)c1. The summed E-state index contributed by atoms with van der Waals surface area (Å²) in [5, 5.41) is 0. The van der Waals surface area contributed by atoms with Crippen LogP contribution in [-0.4, -0.2) is 36.5 Å². The third-order valence-corrected chi connectivity index (χ3v) is 4.02. The van der Waals surface area contributed by atoms with Crippen LogP contribution in [0.25, 0.3) is 0 Å². The molecule has 1 aromatic rings. The summed E-state index contributed by atoms with van der Waals surface area (Å²) < 4.78 is 5.67. The van der Waals surface area contributed by atoms with Crippen LogP contribution < -0.4 is 10.5 Å². The lowest BCUT2D eigenvalue weighted by Gasteiger charge is -2.35. The highest BCUT2D eigenvalue weighted by atomic mass is 16.5. The molecule has 1 atom stereocenters. The molecule has 0 radical (unpaired) electrons. The summed E-state index contributed by atoms with van der Waals surface area (Å²) in [6, 6.07) is 8.24. The molecule has 2 N–H and O–H groups in total. The maximum atomic E-state index is 12.3. The molecule has 0 aromatic heterocycles. The van der Waals surface area contributed by atoms with E-state index in [-0.39, 0.29) is 5.91 Å². The number of benzene rings is 1. The van der Waals surface area contributed by atoms with Crippen LogP contribution in [-0.2, 0) is 4.79 Å². The van der Waals surface area contributed by atoms with Crippen molar-refractivity contribution in [3.63, 3.8) is 0 Å². The van der Waals surface area contributed by atoms with Crippen molar-refractivity contribution in [2.75, 3.05) is 19.7 Å². The summed E-state index contributed by atoms with van der Waals surface area (Å²) in [5.41, 5.74) is 6.81. The molecule has 1 aliphatic heterocycles. The molecule has 1 unspecified atom stereocenters. The van der Waals surface area contributed by atoms with Crippen molar-refractivity contribution in [1.29, 1.82) is 0 Å². The van der Waals surface area contributed by atoms with Gasteiger partial charge in [0, 0.05) is 12.6 Å². The molecule has 4 nitrogen and oxygen atoms in total. The van der Waals surface area contributed by atoms with Crippen LogP contribution in [0.5, 0.6) is 5.75 Å². The second-order valence-corrected chi connectivity index (χ2v) is 5.73. The van der Waals surface area contributed by atoms with Gasteiger partial charge < -0.3 is 15.4 Å². The number of ether oxygens (including phenoxy) is 1. The molecule has 0 bridgehead atoms. The standard InChI is InChI=1S/C17H26N2O2/c1-14-5-4-7-16(13-14)21-12-9-17(20)19-11-3-2-6-15(19)8-10-18/h4-5,7,13,15H,2-3,6,8-12,18H2,1H3. The topological polar surface area (TPSA) is 55.6 Å². The molecule has 1 heterocycles. The highest BCUT2D eigenvalue weighted by Crippen LogP contribution is 2.20. The quantitative estimate of drug-likeness (QED) is 0.875. The maximum absolute atomic E-state index is 12.3. The number of carbonyl (C=O) groups is 1. The van der Waals surface area contributed by atoms with Gasteiger partial charge in [0.2, 0.25) is 5.91 Å². The number of aryl methyl sites for hydroxylation is 1. The van der Waals surface area contributed by atoms with E-state index < -0.39 is 0 Å². The van der Waals surface area contributed by atoms with Crippen LogP contribution in [0, 0.1) is 6.92 Å². The van der Waals surface area contributed by atoms with Gasteiger partial charge in [-0.15, -0.1) is 0 Å². The zero-order chi connectivity index (χ0) is 15.1. The Bertz CT molecular complexity index is 460. The first-order valence-corrected chi connectivity index (χ1v) is 7.89. The summed E-state index contributed by atoms with van der Waals surface area (Å²) in [7, 11) is 0. The van der Waals surface area contributed by atoms with Crippen LogP contribution in [0.3, 0.4) is 0 Å². The van der Waals surface area contributed by atoms with E-state index >= 15 is 0 Å². The summed E-state index contributed by atoms with van der Waals surface area (Å²) in [5.74, 6) is 1.03. The Balaban J connectivity index is 1.80. The average Bonchev–Trinajstić information content (AvgIpc) is 2.48. The molecule has 0 spiro atoms. The van der Waals surface area contributed by atoms with Gasteiger partial charge in [-0.2, -0.15) is 0 Å². The number of carbonyl (C=O) groups excluding carboxylic acids is 1. The Morgan fingerprint density at radius 2 is 2.29 bits per heavy atom. The first-order valence-electron chi connectivity index (χ1n) is 7.89. The fourth-order valence-electron chi connectivity index (χ4n) is 2.93. The molecule has 21 heavy (non-hydrogen) atoms. The second kappa shape index (κ2) is 8.03. The van der Waals surface area contributed by atoms with E-state index in [0.717, 1.165) is 37.1 Å². The molecule has 1 saturated heterocycles. The fraction of sp³-hybridized carbons (Fsp3) is 0.588. The van der Waals surface area contributed by atoms with E-state index in [1.165, 1.54) is 6.42 Å². The Kier molecular flexibility index (Phi) is 6.05. The van der Waals surface area contributed by atoms with Crippen molar-refractivity contribution < 1.29 is 9.53 Å². The van der Waals surface area contributed by atoms with Gasteiger partial charge in [-0.1, -0.05) is 12.1 Å². The van der Waals surface area contributed by atoms with Gasteiger partial charge >= 0.3 is 0 Å². The molecule has 4 heteroatoms. The number of rotatable bonds is 6. The third kappa shape index (κ3) is 4.74. The largest absolute Gasteiger partial charge is 0.493 e. The van der Waals surface area contributed by atoms with Gasteiger partial charge in [0.1, 0.15) is 5.75 Å². The summed E-state index contributed by atoms with van der Waals surface area (Å²) >= 11 is 0. The molecule has 0 saturated carbocycles. The van der Waals surface area contributed by atoms with Crippen LogP contribution in [0.15, 0.2) is 24.3 Å². The predicted octanol–water partition coefficient (Wildman–Crippen LogP) is 2.49. The number of hydrogen-bond donors (Lipinski definition) is 1. The molecular formula is C17H26N2O2. The van der Waals surface area contributed by atoms with E-state index in [0.29, 0.717) is 25.6 Å². The molecule has 1 aromatic carbocycles. The van der Waals surface area contributed by atoms with Crippen molar-refractivity contribution in [2.45, 2.75) is 45.1 Å². The third-order valence-electron chi connectivity index (χ3n) is 4.02. The molecule has 1 amide bonds. The van der Waals surface area contributed by atoms with Gasteiger partial charge in [-0.25, -0.2) is 0 Å². The number of nitrogens with zero attached hydrogens (tertiary/aromatic N) is 1. The molecule has 2 rings (SSSR count). The Labute approximate surface area is 127 Å². The molecule has 116 valence electrons. The van der Waals surface area contributed by atoms with Gasteiger partial charge in [0.15, 0.2) is 0 Å². The van der Waals surface area contributed by atoms with Crippen molar-refractivity contribution in [1.82, 2.24) is 4.90 Å². The summed E-state index contributed by atoms with van der Waals surface area (Å²) in [6.45, 7) is 3.99. The number of piperidine rings is 1. The van der Waals surface area contributed by atoms with Gasteiger partial charge in [0.25, 0.3) is 0 Å². The van der Waals surface area contributed by atoms with E-state index in [1.807, 2.05) is 36.1 Å². The van der Waals surface area contributed by atoms with Crippen LogP contribution in [0.4, 0.5) is 0 Å². The highest BCUT2D eigenvalue weighted by molar-refractivity contribution is 5.76. The lowest BCUT2D eigenvalue weighted by molar-refractivity contribution is -0.135. The Morgan fingerprint density at radius 1 is 1.43 bits per heavy atom. The number of amides is 1. The van der Waals surface area contributed by atoms with E-state index in [9.17, 15) is 4.79 Å². The van der Waals surface area contributed by atoms with Gasteiger partial charge in [0.05, 0.1) is 13.0 Å². The van der Waals surface area contributed by atoms with Crippen molar-refractivity contribution in [3.8, 4) is 5.75 Å². The number of hydrogen-bond acceptors (Lipinski definition) is 3. The monoisotopic (exact) mass is 290 g/mol. The minimum absolute atomic E-state index is 0.195. The lowest BCUT2D eigenvalue weighted by atomic mass is 9.99. The zero-order valence-electron chi connectivity index (χ0n) is 12.9. The molecule has 0 aliphatic carbocycles. The van der Waals surface area contributed by atoms with Gasteiger partial charge in [-0.3, -0.25) is 4.79 Å². The zero-order valence-corrected chi connectivity index (χ0v) is 12.9. The van der Waals surface area contributed by atoms with Gasteiger partial charge in [-0.05, 0) is 56.8 Å². The maximum Gasteiger partial charge on any atom is 0.226 e. The highest BCUT2D eigenvalue weighted by Gasteiger charge is 2.25. The van der Waals surface area contributed by atoms with E-state index in [4.69, 9.17) is 10.5 Å². The summed E-state index contributed by atoms with van der Waals surface area (Å²) in [4.78, 5) is 14.4. The van der Waals surface area contributed by atoms with Crippen LogP contribution >= 0.6 is 0 Å². The molecule has 1 aliphatic rings. The average molecular weight is 290 g/mol. The summed E-state index contributed by atoms with van der Waals surface area (Å²) in [6.07, 6.45) is 4.74. The lowest BCUT2D eigenvalue weighted by Crippen LogP contribution is -2.45. The Hall–Kier alpha value is -1.55. The first-order chi connectivity index (χ1) is 10.2. The smallest absolute Gasteiger partial charge is 0.226 e. The van der Waals surface area contributed by atoms with E-state index in [1.54, 1.807) is 0 Å². The second-order valence-electron chi connectivity index (χ2n) is 5.73. The number of likely N-dealkylation sites (tertiary alicyclic amines) is 1. The number of nitrogens with two attached hydrogens (primary N) is 1. The molecular weight excluding hydrogens is 264 g/mol. The fourth-order valence-corrected chi connectivity index (χ4v) is 2.93. The normalized spacial score (nSPS) is 18.6.